The SMILES string of the molecule is CN1CCC(CCOc2ccn3c(-c4cc(N)ncn4)cnc3c2)CC1. The second-order valence-electron chi connectivity index (χ2n) is 6.95. The van der Waals surface area contributed by atoms with Crippen LogP contribution in [0, 0.1) is 5.92 Å². The van der Waals surface area contributed by atoms with Crippen molar-refractivity contribution in [1.29, 1.82) is 0 Å². The topological polar surface area (TPSA) is 81.6 Å². The molecule has 0 aromatic carbocycles. The first-order valence-corrected chi connectivity index (χ1v) is 9.05. The Labute approximate surface area is 152 Å². The fraction of sp³-hybridized carbons (Fsp3) is 0.421. The molecule has 3 aromatic rings. The fourth-order valence-electron chi connectivity index (χ4n) is 3.45. The molecule has 26 heavy (non-hydrogen) atoms. The predicted octanol–water partition coefficient (Wildman–Crippen LogP) is 2.48. The molecule has 7 nitrogen and oxygen atoms in total. The lowest BCUT2D eigenvalue weighted by atomic mass is 9.94. The third-order valence-corrected chi connectivity index (χ3v) is 5.07. The number of hydrogen-bond donors (Lipinski definition) is 1. The van der Waals surface area contributed by atoms with Gasteiger partial charge in [0, 0.05) is 18.3 Å². The molecular formula is C19H24N6O. The van der Waals surface area contributed by atoms with E-state index in [1.807, 2.05) is 22.7 Å². The number of nitrogens with two attached hydrogens (primary N) is 1. The quantitative estimate of drug-likeness (QED) is 0.760. The van der Waals surface area contributed by atoms with Crippen LogP contribution in [-0.2, 0) is 0 Å². The maximum Gasteiger partial charge on any atom is 0.140 e. The molecule has 4 rings (SSSR count). The minimum Gasteiger partial charge on any atom is -0.493 e. The molecule has 0 spiro atoms. The predicted molar refractivity (Wildman–Crippen MR) is 101 cm³/mol. The summed E-state index contributed by atoms with van der Waals surface area (Å²) in [5.41, 5.74) is 8.21. The van der Waals surface area contributed by atoms with Crippen LogP contribution >= 0.6 is 0 Å². The number of aromatic nitrogens is 4. The second kappa shape index (κ2) is 7.29. The first-order valence-electron chi connectivity index (χ1n) is 9.05. The van der Waals surface area contributed by atoms with Gasteiger partial charge in [0.2, 0.25) is 0 Å². The molecule has 0 amide bonds. The summed E-state index contributed by atoms with van der Waals surface area (Å²) >= 11 is 0. The van der Waals surface area contributed by atoms with Crippen LogP contribution < -0.4 is 10.5 Å². The van der Waals surface area contributed by atoms with Crippen molar-refractivity contribution >= 4 is 11.5 Å². The van der Waals surface area contributed by atoms with E-state index in [0.29, 0.717) is 5.82 Å². The van der Waals surface area contributed by atoms with Crippen molar-refractivity contribution in [3.05, 3.63) is 36.9 Å². The molecular weight excluding hydrogens is 328 g/mol. The van der Waals surface area contributed by atoms with Crippen LogP contribution in [0.1, 0.15) is 19.3 Å². The summed E-state index contributed by atoms with van der Waals surface area (Å²) in [5, 5.41) is 0. The molecule has 1 aliphatic heterocycles. The maximum atomic E-state index is 5.97. The molecule has 7 heteroatoms. The van der Waals surface area contributed by atoms with E-state index in [9.17, 15) is 0 Å². The van der Waals surface area contributed by atoms with Gasteiger partial charge in [-0.3, -0.25) is 4.40 Å². The third-order valence-electron chi connectivity index (χ3n) is 5.07. The summed E-state index contributed by atoms with van der Waals surface area (Å²) in [5.74, 6) is 2.07. The number of imidazole rings is 1. The van der Waals surface area contributed by atoms with Crippen LogP contribution in [0.4, 0.5) is 5.82 Å². The molecule has 2 N–H and O–H groups in total. The van der Waals surface area contributed by atoms with E-state index in [0.717, 1.165) is 41.7 Å². The van der Waals surface area contributed by atoms with Crippen molar-refractivity contribution in [2.75, 3.05) is 32.5 Å². The average molecular weight is 352 g/mol. The van der Waals surface area contributed by atoms with E-state index in [2.05, 4.69) is 26.9 Å². The summed E-state index contributed by atoms with van der Waals surface area (Å²) in [6.07, 6.45) is 8.86. The largest absolute Gasteiger partial charge is 0.493 e. The molecule has 1 aliphatic rings. The van der Waals surface area contributed by atoms with Gasteiger partial charge in [0.1, 0.15) is 23.5 Å². The Bertz CT molecular complexity index is 885. The molecule has 4 heterocycles. The van der Waals surface area contributed by atoms with Crippen molar-refractivity contribution < 1.29 is 4.74 Å². The van der Waals surface area contributed by atoms with Gasteiger partial charge in [-0.05, 0) is 51.4 Å². The van der Waals surface area contributed by atoms with Gasteiger partial charge in [-0.25, -0.2) is 15.0 Å². The van der Waals surface area contributed by atoms with E-state index in [4.69, 9.17) is 10.5 Å². The molecule has 1 fully saturated rings. The van der Waals surface area contributed by atoms with E-state index >= 15 is 0 Å². The molecule has 136 valence electrons. The summed E-state index contributed by atoms with van der Waals surface area (Å²) in [6.45, 7) is 3.14. The Hall–Kier alpha value is -2.67. The van der Waals surface area contributed by atoms with Crippen molar-refractivity contribution in [3.8, 4) is 17.1 Å². The van der Waals surface area contributed by atoms with E-state index in [-0.39, 0.29) is 0 Å². The summed E-state index contributed by atoms with van der Waals surface area (Å²) in [7, 11) is 2.19. The fourth-order valence-corrected chi connectivity index (χ4v) is 3.45. The Balaban J connectivity index is 1.42. The van der Waals surface area contributed by atoms with Crippen molar-refractivity contribution in [3.63, 3.8) is 0 Å². The van der Waals surface area contributed by atoms with Gasteiger partial charge in [0.15, 0.2) is 0 Å². The molecule has 0 aliphatic carbocycles. The van der Waals surface area contributed by atoms with Crippen molar-refractivity contribution in [2.24, 2.45) is 5.92 Å². The molecule has 0 unspecified atom stereocenters. The number of nitrogens with zero attached hydrogens (tertiary/aromatic N) is 5. The average Bonchev–Trinajstić information content (AvgIpc) is 3.07. The third kappa shape index (κ3) is 3.62. The van der Waals surface area contributed by atoms with Crippen LogP contribution in [0.15, 0.2) is 36.9 Å². The summed E-state index contributed by atoms with van der Waals surface area (Å²) in [4.78, 5) is 15.1. The molecule has 0 saturated carbocycles. The zero-order valence-electron chi connectivity index (χ0n) is 15.0. The van der Waals surface area contributed by atoms with Crippen LogP contribution in [0.2, 0.25) is 0 Å². The van der Waals surface area contributed by atoms with Gasteiger partial charge in [-0.1, -0.05) is 0 Å². The van der Waals surface area contributed by atoms with Gasteiger partial charge in [0.05, 0.1) is 24.2 Å². The Kier molecular flexibility index (Phi) is 4.71. The van der Waals surface area contributed by atoms with Crippen molar-refractivity contribution in [1.82, 2.24) is 24.3 Å². The van der Waals surface area contributed by atoms with Gasteiger partial charge in [-0.15, -0.1) is 0 Å². The monoisotopic (exact) mass is 352 g/mol. The molecule has 0 atom stereocenters. The lowest BCUT2D eigenvalue weighted by Crippen LogP contribution is -2.30. The number of nitrogen functional groups attached to an aromatic ring is 1. The number of likely N-dealkylation sites (tertiary alicyclic amines) is 1. The number of ether oxygens (including phenoxy) is 1. The minimum absolute atomic E-state index is 0.443. The molecule has 1 saturated heterocycles. The smallest absolute Gasteiger partial charge is 0.140 e. The normalized spacial score (nSPS) is 16.2. The first kappa shape index (κ1) is 16.8. The molecule has 3 aromatic heterocycles. The number of rotatable bonds is 5. The standard InChI is InChI=1S/C19H24N6O/c1-24-6-2-14(3-7-24)5-9-26-15-4-8-25-17(12-21-19(25)10-15)16-11-18(20)23-13-22-16/h4,8,10-14H,2-3,5-7,9H2,1H3,(H2,20,22,23). The van der Waals surface area contributed by atoms with Gasteiger partial charge < -0.3 is 15.4 Å². The lowest BCUT2D eigenvalue weighted by Gasteiger charge is -2.28. The highest BCUT2D eigenvalue weighted by Gasteiger charge is 2.16. The number of fused-ring (bicyclic) bond motifs is 1. The van der Waals surface area contributed by atoms with Crippen LogP contribution in [0.3, 0.4) is 0 Å². The zero-order chi connectivity index (χ0) is 17.9. The highest BCUT2D eigenvalue weighted by Crippen LogP contribution is 2.23. The van der Waals surface area contributed by atoms with Crippen LogP contribution in [-0.4, -0.2) is 51.0 Å². The van der Waals surface area contributed by atoms with E-state index < -0.39 is 0 Å². The summed E-state index contributed by atoms with van der Waals surface area (Å²) in [6, 6.07) is 5.68. The maximum absolute atomic E-state index is 5.97. The minimum atomic E-state index is 0.443. The highest BCUT2D eigenvalue weighted by atomic mass is 16.5. The molecule has 0 radical (unpaired) electrons. The van der Waals surface area contributed by atoms with Gasteiger partial charge >= 0.3 is 0 Å². The van der Waals surface area contributed by atoms with Crippen molar-refractivity contribution in [2.45, 2.75) is 19.3 Å². The number of hydrogen-bond acceptors (Lipinski definition) is 6. The number of anilines is 1. The highest BCUT2D eigenvalue weighted by molar-refractivity contribution is 5.62. The second-order valence-corrected chi connectivity index (χ2v) is 6.95. The zero-order valence-corrected chi connectivity index (χ0v) is 15.0. The van der Waals surface area contributed by atoms with Crippen LogP contribution in [0.5, 0.6) is 5.75 Å². The van der Waals surface area contributed by atoms with E-state index in [1.165, 1.54) is 32.3 Å². The number of piperidine rings is 1. The molecule has 0 bridgehead atoms. The first-order chi connectivity index (χ1) is 12.7. The Morgan fingerprint density at radius 2 is 2.04 bits per heavy atom. The lowest BCUT2D eigenvalue weighted by molar-refractivity contribution is 0.187. The Morgan fingerprint density at radius 1 is 1.19 bits per heavy atom. The van der Waals surface area contributed by atoms with Crippen LogP contribution in [0.25, 0.3) is 17.0 Å². The summed E-state index contributed by atoms with van der Waals surface area (Å²) < 4.78 is 7.94. The number of pyridine rings is 1. The Morgan fingerprint density at radius 3 is 2.85 bits per heavy atom. The van der Waals surface area contributed by atoms with Gasteiger partial charge in [-0.2, -0.15) is 0 Å². The van der Waals surface area contributed by atoms with E-state index in [1.54, 1.807) is 12.3 Å². The van der Waals surface area contributed by atoms with Gasteiger partial charge in [0.25, 0.3) is 0 Å².